The third-order valence-corrected chi connectivity index (χ3v) is 18.5. The molecule has 0 bridgehead atoms. The maximum atomic E-state index is 12.7. The number of imidazole rings is 1. The molecule has 7 aromatic carbocycles. The molecule has 6 heteroatoms. The SMILES string of the molecule is CC(C)(C)c1cc(-c2cc(-c3ccc([Si](C)(C)C)cc3)ccn2)cc(-c2cccc3c2nc(-c2cc(C(C)(C)C)cc(C(C)(C)C)c2O)n3-c2ccc(-c3ccc([Si](C)(C)C)cc3)cc2-c2ccccc2)c1. The lowest BCUT2D eigenvalue weighted by Crippen LogP contribution is -2.37. The van der Waals surface area contributed by atoms with Crippen LogP contribution < -0.4 is 10.4 Å². The van der Waals surface area contributed by atoms with E-state index < -0.39 is 16.1 Å². The molecule has 0 amide bonds. The summed E-state index contributed by atoms with van der Waals surface area (Å²) in [5.74, 6) is 0.949. The summed E-state index contributed by atoms with van der Waals surface area (Å²) in [5.41, 5.74) is 17.0. The maximum Gasteiger partial charge on any atom is 0.149 e. The molecular formula is C66H73N3OSi2. The molecule has 9 aromatic rings. The van der Waals surface area contributed by atoms with Gasteiger partial charge in [-0.05, 0) is 109 Å². The minimum Gasteiger partial charge on any atom is -0.507 e. The Morgan fingerprint density at radius 1 is 0.431 bits per heavy atom. The Bertz CT molecular complexity index is 3460. The number of nitrogens with zero attached hydrogens (tertiary/aromatic N) is 3. The molecule has 0 aliphatic carbocycles. The van der Waals surface area contributed by atoms with E-state index in [1.54, 1.807) is 0 Å². The Balaban J connectivity index is 1.32. The lowest BCUT2D eigenvalue weighted by molar-refractivity contribution is 0.446. The molecule has 366 valence electrons. The van der Waals surface area contributed by atoms with Crippen LogP contribution in [0, 0.1) is 0 Å². The van der Waals surface area contributed by atoms with Crippen LogP contribution in [-0.2, 0) is 16.2 Å². The Morgan fingerprint density at radius 3 is 1.56 bits per heavy atom. The van der Waals surface area contributed by atoms with Crippen molar-refractivity contribution in [2.24, 2.45) is 0 Å². The Kier molecular flexibility index (Phi) is 12.9. The predicted octanol–water partition coefficient (Wildman–Crippen LogP) is 17.1. The van der Waals surface area contributed by atoms with Gasteiger partial charge in [-0.1, -0.05) is 221 Å². The first-order valence-corrected chi connectivity index (χ1v) is 32.7. The van der Waals surface area contributed by atoms with E-state index in [9.17, 15) is 5.11 Å². The van der Waals surface area contributed by atoms with Crippen LogP contribution in [0.3, 0.4) is 0 Å². The average molecular weight is 981 g/mol. The second-order valence-corrected chi connectivity index (χ2v) is 35.3. The molecule has 9 rings (SSSR count). The number of fused-ring (bicyclic) bond motifs is 1. The maximum absolute atomic E-state index is 12.7. The van der Waals surface area contributed by atoms with E-state index >= 15 is 0 Å². The highest BCUT2D eigenvalue weighted by atomic mass is 28.3. The van der Waals surface area contributed by atoms with Crippen molar-refractivity contribution < 1.29 is 5.11 Å². The Labute approximate surface area is 431 Å². The molecule has 0 saturated carbocycles. The van der Waals surface area contributed by atoms with E-state index in [-0.39, 0.29) is 22.0 Å². The average Bonchev–Trinajstić information content (AvgIpc) is 3.72. The molecule has 0 aliphatic rings. The number of hydrogen-bond acceptors (Lipinski definition) is 3. The Morgan fingerprint density at radius 2 is 0.986 bits per heavy atom. The van der Waals surface area contributed by atoms with Gasteiger partial charge in [0.25, 0.3) is 0 Å². The second-order valence-electron chi connectivity index (χ2n) is 25.1. The smallest absolute Gasteiger partial charge is 0.149 e. The van der Waals surface area contributed by atoms with Crippen molar-refractivity contribution in [3.05, 3.63) is 181 Å². The van der Waals surface area contributed by atoms with Gasteiger partial charge in [0, 0.05) is 28.5 Å². The molecule has 0 fully saturated rings. The molecular weight excluding hydrogens is 907 g/mol. The minimum absolute atomic E-state index is 0.155. The number of para-hydroxylation sites is 1. The van der Waals surface area contributed by atoms with Crippen molar-refractivity contribution in [1.29, 1.82) is 0 Å². The number of phenols is 1. The molecule has 0 unspecified atom stereocenters. The van der Waals surface area contributed by atoms with Crippen LogP contribution in [-0.4, -0.2) is 35.8 Å². The third kappa shape index (κ3) is 10.1. The fourth-order valence-electron chi connectivity index (χ4n) is 9.78. The first-order chi connectivity index (χ1) is 33.8. The number of pyridine rings is 1. The van der Waals surface area contributed by atoms with Crippen LogP contribution in [0.2, 0.25) is 39.3 Å². The summed E-state index contributed by atoms with van der Waals surface area (Å²) in [6, 6.07) is 58.1. The summed E-state index contributed by atoms with van der Waals surface area (Å²) in [5, 5.41) is 15.6. The zero-order valence-electron chi connectivity index (χ0n) is 45.4. The van der Waals surface area contributed by atoms with Gasteiger partial charge in [-0.3, -0.25) is 9.55 Å². The quantitative estimate of drug-likeness (QED) is 0.147. The van der Waals surface area contributed by atoms with Crippen molar-refractivity contribution in [3.8, 4) is 78.6 Å². The monoisotopic (exact) mass is 980 g/mol. The summed E-state index contributed by atoms with van der Waals surface area (Å²) < 4.78 is 2.31. The fourth-order valence-corrected chi connectivity index (χ4v) is 12.1. The van der Waals surface area contributed by atoms with Gasteiger partial charge in [0.2, 0.25) is 0 Å². The summed E-state index contributed by atoms with van der Waals surface area (Å²) in [7, 11) is -2.92. The van der Waals surface area contributed by atoms with E-state index in [2.05, 4.69) is 264 Å². The molecule has 72 heavy (non-hydrogen) atoms. The van der Waals surface area contributed by atoms with Crippen LogP contribution in [0.5, 0.6) is 5.75 Å². The van der Waals surface area contributed by atoms with Crippen LogP contribution in [0.4, 0.5) is 0 Å². The first kappa shape index (κ1) is 50.3. The van der Waals surface area contributed by atoms with Gasteiger partial charge >= 0.3 is 0 Å². The van der Waals surface area contributed by atoms with Gasteiger partial charge in [0.05, 0.1) is 44.1 Å². The van der Waals surface area contributed by atoms with E-state index in [4.69, 9.17) is 9.97 Å². The summed E-state index contributed by atoms with van der Waals surface area (Å²) in [6.45, 7) is 34.5. The van der Waals surface area contributed by atoms with Crippen LogP contribution in [0.25, 0.3) is 83.9 Å². The number of rotatable bonds is 9. The van der Waals surface area contributed by atoms with Crippen LogP contribution in [0.15, 0.2) is 164 Å². The molecule has 0 saturated heterocycles. The molecule has 4 nitrogen and oxygen atoms in total. The van der Waals surface area contributed by atoms with Gasteiger partial charge < -0.3 is 5.11 Å². The lowest BCUT2D eigenvalue weighted by Gasteiger charge is -2.27. The van der Waals surface area contributed by atoms with E-state index in [0.717, 1.165) is 72.5 Å². The van der Waals surface area contributed by atoms with E-state index in [0.29, 0.717) is 11.4 Å². The summed E-state index contributed by atoms with van der Waals surface area (Å²) in [4.78, 5) is 10.8. The molecule has 0 atom stereocenters. The van der Waals surface area contributed by atoms with Gasteiger partial charge in [-0.15, -0.1) is 0 Å². The van der Waals surface area contributed by atoms with Gasteiger partial charge in [0.1, 0.15) is 11.6 Å². The Hall–Kier alpha value is -6.61. The van der Waals surface area contributed by atoms with Crippen LogP contribution in [0.1, 0.15) is 79.0 Å². The second kappa shape index (κ2) is 18.5. The number of aromatic nitrogens is 3. The zero-order valence-corrected chi connectivity index (χ0v) is 47.4. The van der Waals surface area contributed by atoms with Crippen molar-refractivity contribution in [2.45, 2.75) is 118 Å². The summed E-state index contributed by atoms with van der Waals surface area (Å²) in [6.07, 6.45) is 1.94. The topological polar surface area (TPSA) is 50.9 Å². The van der Waals surface area contributed by atoms with Crippen molar-refractivity contribution in [3.63, 3.8) is 0 Å². The largest absolute Gasteiger partial charge is 0.507 e. The highest BCUT2D eigenvalue weighted by Crippen LogP contribution is 2.46. The number of aromatic hydroxyl groups is 1. The third-order valence-electron chi connectivity index (χ3n) is 14.4. The standard InChI is InChI=1S/C66H73N3OSi2/c1-64(2,3)50-37-48(36-49(38-50)58-40-47(34-35-67-58)44-26-31-53(32-27-44)72(13,14)15)54-22-19-23-60-61(54)68-63(56-41-51(65(4,5)6)42-57(62(56)70)66(7,8)9)69(60)59-33-28-46(39-55(59)45-20-17-16-18-21-45)43-24-29-52(30-25-43)71(10,11)12/h16-42,70H,1-15H3. The predicted molar refractivity (Wildman–Crippen MR) is 315 cm³/mol. The first-order valence-electron chi connectivity index (χ1n) is 25.7. The van der Waals surface area contributed by atoms with Crippen molar-refractivity contribution in [1.82, 2.24) is 14.5 Å². The molecule has 2 heterocycles. The van der Waals surface area contributed by atoms with Gasteiger partial charge in [-0.2, -0.15) is 0 Å². The highest BCUT2D eigenvalue weighted by Gasteiger charge is 2.30. The van der Waals surface area contributed by atoms with Crippen LogP contribution >= 0.6 is 0 Å². The summed E-state index contributed by atoms with van der Waals surface area (Å²) >= 11 is 0. The number of benzene rings is 7. The van der Waals surface area contributed by atoms with E-state index in [1.165, 1.54) is 27.1 Å². The fraction of sp³-hybridized carbons (Fsp3) is 0.273. The van der Waals surface area contributed by atoms with Gasteiger partial charge in [0.15, 0.2) is 0 Å². The normalized spacial score (nSPS) is 12.7. The van der Waals surface area contributed by atoms with E-state index in [1.807, 2.05) is 6.20 Å². The van der Waals surface area contributed by atoms with Crippen molar-refractivity contribution in [2.75, 3.05) is 0 Å². The highest BCUT2D eigenvalue weighted by molar-refractivity contribution is 6.89. The molecule has 2 aromatic heterocycles. The lowest BCUT2D eigenvalue weighted by atomic mass is 9.79. The van der Waals surface area contributed by atoms with Gasteiger partial charge in [-0.25, -0.2) is 4.98 Å². The molecule has 0 radical (unpaired) electrons. The minimum atomic E-state index is -1.48. The zero-order chi connectivity index (χ0) is 51.7. The number of phenolic OH excluding ortho intramolecular Hbond substituents is 1. The number of hydrogen-bond donors (Lipinski definition) is 1. The molecule has 0 aliphatic heterocycles. The van der Waals surface area contributed by atoms with Crippen molar-refractivity contribution >= 4 is 37.6 Å². The molecule has 0 spiro atoms. The molecule has 1 N–H and O–H groups in total.